The number of hydrogen-bond donors (Lipinski definition) is 0. The van der Waals surface area contributed by atoms with Crippen LogP contribution in [0.4, 0.5) is 0 Å². The van der Waals surface area contributed by atoms with Gasteiger partial charge in [-0.05, 0) is 58.3 Å². The van der Waals surface area contributed by atoms with E-state index in [0.717, 1.165) is 12.1 Å². The van der Waals surface area contributed by atoms with Crippen molar-refractivity contribution in [3.8, 4) is 0 Å². The molecule has 2 unspecified atom stereocenters. The summed E-state index contributed by atoms with van der Waals surface area (Å²) in [6.45, 7) is 14.5. The summed E-state index contributed by atoms with van der Waals surface area (Å²) in [5.74, 6) is 0. The quantitative estimate of drug-likeness (QED) is 0.612. The van der Waals surface area contributed by atoms with Crippen LogP contribution in [-0.4, -0.2) is 23.5 Å². The van der Waals surface area contributed by atoms with Crippen LogP contribution in [0.2, 0.25) is 0 Å². The van der Waals surface area contributed by atoms with Crippen molar-refractivity contribution in [3.63, 3.8) is 0 Å². The lowest BCUT2D eigenvalue weighted by molar-refractivity contribution is 0.202. The third-order valence-corrected chi connectivity index (χ3v) is 5.18. The molecule has 108 valence electrons. The normalized spacial score (nSPS) is 30.0. The highest BCUT2D eigenvalue weighted by Gasteiger charge is 2.56. The molecule has 2 rings (SSSR count). The Hall–Kier alpha value is -0.560. The second-order valence-electron chi connectivity index (χ2n) is 7.07. The van der Waals surface area contributed by atoms with Gasteiger partial charge in [0, 0.05) is 18.6 Å². The van der Waals surface area contributed by atoms with Gasteiger partial charge in [0.05, 0.1) is 0 Å². The molecule has 2 aliphatic rings. The Morgan fingerprint density at radius 1 is 1.37 bits per heavy atom. The third-order valence-electron chi connectivity index (χ3n) is 5.18. The zero-order valence-electron chi connectivity index (χ0n) is 13.3. The average molecular weight is 261 g/mol. The van der Waals surface area contributed by atoms with Gasteiger partial charge in [0.25, 0.3) is 0 Å². The maximum atomic E-state index is 4.13. The van der Waals surface area contributed by atoms with E-state index in [1.54, 1.807) is 5.57 Å². The van der Waals surface area contributed by atoms with Gasteiger partial charge >= 0.3 is 0 Å². The van der Waals surface area contributed by atoms with Gasteiger partial charge in [-0.2, -0.15) is 0 Å². The number of rotatable bonds is 6. The van der Waals surface area contributed by atoms with Gasteiger partial charge in [-0.15, -0.1) is 6.58 Å². The van der Waals surface area contributed by atoms with Crippen molar-refractivity contribution in [3.05, 3.63) is 23.8 Å². The minimum Gasteiger partial charge on any atom is -0.293 e. The smallest absolute Gasteiger partial charge is 0.0196 e. The molecule has 1 aliphatic carbocycles. The van der Waals surface area contributed by atoms with Crippen molar-refractivity contribution >= 4 is 0 Å². The molecular weight excluding hydrogens is 230 g/mol. The highest BCUT2D eigenvalue weighted by Crippen LogP contribution is 2.59. The number of allylic oxidation sites excluding steroid dienone is 1. The summed E-state index contributed by atoms with van der Waals surface area (Å²) >= 11 is 0. The van der Waals surface area contributed by atoms with E-state index in [4.69, 9.17) is 0 Å². The molecule has 1 heteroatoms. The van der Waals surface area contributed by atoms with Crippen LogP contribution in [0.15, 0.2) is 23.8 Å². The van der Waals surface area contributed by atoms with E-state index in [2.05, 4.69) is 45.2 Å². The molecule has 0 amide bonds. The lowest BCUT2D eigenvalue weighted by Gasteiger charge is -2.30. The second kappa shape index (κ2) is 5.83. The van der Waals surface area contributed by atoms with Crippen LogP contribution in [0.5, 0.6) is 0 Å². The maximum absolute atomic E-state index is 4.13. The van der Waals surface area contributed by atoms with Crippen LogP contribution in [-0.2, 0) is 0 Å². The van der Waals surface area contributed by atoms with Gasteiger partial charge < -0.3 is 0 Å². The minimum absolute atomic E-state index is 0.672. The molecule has 1 spiro atoms. The Morgan fingerprint density at radius 3 is 2.58 bits per heavy atom. The molecule has 2 fully saturated rings. The van der Waals surface area contributed by atoms with Crippen LogP contribution >= 0.6 is 0 Å². The number of unbranched alkanes of at least 4 members (excludes halogenated alkanes) is 1. The van der Waals surface area contributed by atoms with Gasteiger partial charge in [0.1, 0.15) is 0 Å². The minimum atomic E-state index is 0.672. The first-order valence-corrected chi connectivity index (χ1v) is 8.04. The molecular formula is C18H31N. The van der Waals surface area contributed by atoms with Gasteiger partial charge in [-0.25, -0.2) is 0 Å². The van der Waals surface area contributed by atoms with E-state index >= 15 is 0 Å². The van der Waals surface area contributed by atoms with E-state index in [1.807, 2.05) is 0 Å². The van der Waals surface area contributed by atoms with E-state index < -0.39 is 0 Å². The summed E-state index contributed by atoms with van der Waals surface area (Å²) in [7, 11) is 0. The predicted molar refractivity (Wildman–Crippen MR) is 84.3 cm³/mol. The van der Waals surface area contributed by atoms with Crippen LogP contribution in [0.3, 0.4) is 0 Å². The molecule has 1 nitrogen and oxygen atoms in total. The molecule has 0 aromatic rings. The predicted octanol–water partition coefficient (Wildman–Crippen LogP) is 4.94. The summed E-state index contributed by atoms with van der Waals surface area (Å²) in [5, 5.41) is 0. The summed E-state index contributed by atoms with van der Waals surface area (Å²) < 4.78 is 0. The first-order valence-electron chi connectivity index (χ1n) is 8.04. The van der Waals surface area contributed by atoms with E-state index in [9.17, 15) is 0 Å². The van der Waals surface area contributed by atoms with Crippen LogP contribution in [0.25, 0.3) is 0 Å². The Balaban J connectivity index is 2.03. The van der Waals surface area contributed by atoms with Gasteiger partial charge in [0.2, 0.25) is 0 Å². The zero-order chi connectivity index (χ0) is 14.0. The van der Waals surface area contributed by atoms with E-state index in [0.29, 0.717) is 5.41 Å². The van der Waals surface area contributed by atoms with Gasteiger partial charge in [0.15, 0.2) is 0 Å². The molecule has 1 aliphatic heterocycles. The molecule has 1 saturated heterocycles. The van der Waals surface area contributed by atoms with Crippen molar-refractivity contribution in [1.29, 1.82) is 0 Å². The monoisotopic (exact) mass is 261 g/mol. The van der Waals surface area contributed by atoms with E-state index in [1.165, 1.54) is 50.6 Å². The Kier molecular flexibility index (Phi) is 4.55. The summed E-state index contributed by atoms with van der Waals surface area (Å²) in [6.07, 6.45) is 10.4. The Labute approximate surface area is 119 Å². The number of likely N-dealkylation sites (tertiary alicyclic amines) is 1. The third kappa shape index (κ3) is 3.31. The van der Waals surface area contributed by atoms with Crippen LogP contribution < -0.4 is 0 Å². The van der Waals surface area contributed by atoms with Gasteiger partial charge in [-0.1, -0.05) is 30.6 Å². The topological polar surface area (TPSA) is 3.24 Å². The first kappa shape index (κ1) is 14.8. The molecule has 0 N–H and O–H groups in total. The summed E-state index contributed by atoms with van der Waals surface area (Å²) in [5.41, 5.74) is 3.57. The molecule has 1 heterocycles. The molecule has 19 heavy (non-hydrogen) atoms. The molecule has 1 saturated carbocycles. The molecule has 0 radical (unpaired) electrons. The second-order valence-corrected chi connectivity index (χ2v) is 7.07. The zero-order valence-corrected chi connectivity index (χ0v) is 13.3. The standard InChI is InChI=1S/C18H31N/c1-6-7-8-15(4)13-19-16(5)18(9-10-18)12-17(19)11-14(2)3/h8,16-17H,2,6-7,9-13H2,1,3-5H3/b15-8-. The fourth-order valence-electron chi connectivity index (χ4n) is 3.81. The Morgan fingerprint density at radius 2 is 2.05 bits per heavy atom. The van der Waals surface area contributed by atoms with Crippen molar-refractivity contribution in [2.45, 2.75) is 78.3 Å². The van der Waals surface area contributed by atoms with Crippen molar-refractivity contribution < 1.29 is 0 Å². The van der Waals surface area contributed by atoms with Crippen molar-refractivity contribution in [2.24, 2.45) is 5.41 Å². The summed E-state index contributed by atoms with van der Waals surface area (Å²) in [4.78, 5) is 2.77. The molecule has 0 aromatic heterocycles. The fraction of sp³-hybridized carbons (Fsp3) is 0.778. The molecule has 2 atom stereocenters. The SMILES string of the molecule is C=C(C)CC1CC2(CC2)C(C)N1C/C(C)=C\CCC. The van der Waals surface area contributed by atoms with Crippen molar-refractivity contribution in [2.75, 3.05) is 6.54 Å². The summed E-state index contributed by atoms with van der Waals surface area (Å²) in [6, 6.07) is 1.50. The fourth-order valence-corrected chi connectivity index (χ4v) is 3.81. The van der Waals surface area contributed by atoms with Gasteiger partial charge in [-0.3, -0.25) is 4.90 Å². The number of hydrogen-bond acceptors (Lipinski definition) is 1. The molecule has 0 aromatic carbocycles. The average Bonchev–Trinajstić information content (AvgIpc) is 3.07. The first-order chi connectivity index (χ1) is 8.98. The molecule has 0 bridgehead atoms. The van der Waals surface area contributed by atoms with Crippen LogP contribution in [0.1, 0.15) is 66.2 Å². The highest BCUT2D eigenvalue weighted by molar-refractivity contribution is 5.14. The largest absolute Gasteiger partial charge is 0.293 e. The number of nitrogens with zero attached hydrogens (tertiary/aromatic N) is 1. The highest BCUT2D eigenvalue weighted by atomic mass is 15.2. The lowest BCUT2D eigenvalue weighted by Crippen LogP contribution is -2.37. The van der Waals surface area contributed by atoms with Crippen LogP contribution in [0, 0.1) is 5.41 Å². The maximum Gasteiger partial charge on any atom is 0.0196 e. The van der Waals surface area contributed by atoms with Crippen molar-refractivity contribution in [1.82, 2.24) is 4.90 Å². The lowest BCUT2D eigenvalue weighted by atomic mass is 9.95. The van der Waals surface area contributed by atoms with E-state index in [-0.39, 0.29) is 0 Å². The Bertz CT molecular complexity index is 362.